The van der Waals surface area contributed by atoms with Gasteiger partial charge in [-0.2, -0.15) is 0 Å². The van der Waals surface area contributed by atoms with E-state index < -0.39 is 143 Å². The minimum Gasteiger partial charge on any atom is -0.497 e. The quantitative estimate of drug-likeness (QED) is 0.0513. The molecule has 2 aliphatic heterocycles. The molecule has 0 spiro atoms. The van der Waals surface area contributed by atoms with Crippen molar-refractivity contribution in [3.63, 3.8) is 0 Å². The Balaban J connectivity index is 0.000000318. The van der Waals surface area contributed by atoms with Crippen molar-refractivity contribution >= 4 is 92.3 Å². The lowest BCUT2D eigenvalue weighted by Crippen LogP contribution is -2.59. The molecule has 29 nitrogen and oxygen atoms in total. The number of halogens is 1. The van der Waals surface area contributed by atoms with Crippen LogP contribution in [0.3, 0.4) is 0 Å². The van der Waals surface area contributed by atoms with Crippen molar-refractivity contribution in [2.75, 3.05) is 70.8 Å². The van der Waals surface area contributed by atoms with Crippen molar-refractivity contribution in [2.45, 2.75) is 153 Å². The summed E-state index contributed by atoms with van der Waals surface area (Å²) in [6.07, 6.45) is -0.389. The Kier molecular flexibility index (Phi) is 33.2. The standard InChI is InChI=1S/C43H52N6O9.C42H52BrN5O9/c1-25-39(51)46-26(2)43(55)49(6)35(20-29-15-17-32(56-7)18-16-29)41(53)47-27(3)42(54)48(5)34(19-28-13-11-10-12-14-28)36(50)22-31(40(52)45-25)21-30-23-37(57-8)38(58-9)24-33(30)44-4;1-24-38(50)45-25(2)42(54)48(5)34(19-28-14-16-31(55-6)17-15-28)40(52)46-26(3)41(53)47(4)33(18-27-12-10-9-11-13-27)35(49)21-30(39(51)44-24)20-29-22-36(56-7)37(57-8)23-32(29)43/h10-18,23-27,31,34-35H,19-22H2,1-3,5-9H3,(H,45,52)(H,46,51)(H,47,53);9-17,22-26,30,33-34H,18-21H2,1-8H3,(H,44,51)(H,45,50)(H,46,52)/t25-,26+,27+,31-,34+,35+;24-,25+,26+,30-,33+,34+/m11/s1. The molecule has 2 fully saturated rings. The van der Waals surface area contributed by atoms with E-state index in [0.717, 1.165) is 11.1 Å². The third-order valence-electron chi connectivity index (χ3n) is 20.6. The van der Waals surface area contributed by atoms with E-state index in [0.29, 0.717) is 61.2 Å². The molecule has 0 radical (unpaired) electrons. The minimum atomic E-state index is -1.17. The highest BCUT2D eigenvalue weighted by Gasteiger charge is 2.41. The molecular weight excluding hydrogens is 1540 g/mol. The van der Waals surface area contributed by atoms with Gasteiger partial charge in [0.2, 0.25) is 59.1 Å². The van der Waals surface area contributed by atoms with Crippen LogP contribution in [0.25, 0.3) is 4.85 Å². The number of carbonyl (C=O) groups is 12. The third-order valence-corrected chi connectivity index (χ3v) is 21.3. The molecule has 6 N–H and O–H groups in total. The maximum absolute atomic E-state index is 14.5. The monoisotopic (exact) mass is 1650 g/mol. The summed E-state index contributed by atoms with van der Waals surface area (Å²) in [5.41, 5.74) is 4.13. The summed E-state index contributed by atoms with van der Waals surface area (Å²) in [4.78, 5) is 177. The summed E-state index contributed by atoms with van der Waals surface area (Å²) in [5, 5.41) is 16.3. The highest BCUT2D eigenvalue weighted by Crippen LogP contribution is 2.38. The van der Waals surface area contributed by atoms with Gasteiger partial charge in [0.25, 0.3) is 0 Å². The van der Waals surface area contributed by atoms with Crippen LogP contribution in [0.4, 0.5) is 5.69 Å². The van der Waals surface area contributed by atoms with E-state index in [1.165, 1.54) is 138 Å². The third kappa shape index (κ3) is 24.1. The summed E-state index contributed by atoms with van der Waals surface area (Å²) in [6, 6.07) is 27.5. The highest BCUT2D eigenvalue weighted by atomic mass is 79.9. The van der Waals surface area contributed by atoms with Crippen molar-refractivity contribution in [1.29, 1.82) is 0 Å². The van der Waals surface area contributed by atoms with Crippen molar-refractivity contribution in [1.82, 2.24) is 51.5 Å². The molecule has 0 bridgehead atoms. The van der Waals surface area contributed by atoms with Crippen LogP contribution in [0.5, 0.6) is 34.5 Å². The lowest BCUT2D eigenvalue weighted by molar-refractivity contribution is -0.145. The number of carbonyl (C=O) groups excluding carboxylic acids is 12. The second kappa shape index (κ2) is 42.3. The van der Waals surface area contributed by atoms with Gasteiger partial charge in [-0.25, -0.2) is 4.85 Å². The molecular formula is C85H104BrN11O18. The molecule has 10 amide bonds. The summed E-state index contributed by atoms with van der Waals surface area (Å²) >= 11 is 3.55. The van der Waals surface area contributed by atoms with Crippen LogP contribution >= 0.6 is 15.9 Å². The van der Waals surface area contributed by atoms with Crippen LogP contribution in [-0.2, 0) is 96.1 Å². The maximum Gasteiger partial charge on any atom is 0.245 e. The van der Waals surface area contributed by atoms with E-state index in [9.17, 15) is 57.5 Å². The van der Waals surface area contributed by atoms with Crippen LogP contribution in [0.15, 0.2) is 138 Å². The first-order chi connectivity index (χ1) is 54.7. The van der Waals surface area contributed by atoms with Gasteiger partial charge in [0.1, 0.15) is 65.6 Å². The van der Waals surface area contributed by atoms with Gasteiger partial charge in [-0.05, 0) is 149 Å². The molecule has 115 heavy (non-hydrogen) atoms. The summed E-state index contributed by atoms with van der Waals surface area (Å²) < 4.78 is 32.9. The number of nitrogens with zero attached hydrogens (tertiary/aromatic N) is 5. The Hall–Kier alpha value is -11.9. The van der Waals surface area contributed by atoms with E-state index in [2.05, 4.69) is 52.7 Å². The number of benzene rings is 6. The molecule has 6 aromatic carbocycles. The molecule has 0 aliphatic carbocycles. The SMILES string of the molecule is COc1ccc(C[C@H]2C(=O)N[C@@H](C)C(=O)N(C)[C@@H](Cc3ccccc3)C(=O)C[C@@H](Cc3cc(OC)c(OC)cc3Br)C(=O)N[C@H](C)C(=O)N[C@@H](C)C(=O)N2C)cc1.[C-]#[N+]c1cc(OC)c(OC)cc1C[C@@H]1CC(=O)[C@H](Cc2ccccc2)N(C)C(=O)[C@H](C)NC(=O)[C@H](Cc2ccc(OC)cc2)N(C)C(=O)[C@H](C)NC(=O)[C@@H](C)NC1=O. The number of hydrogen-bond donors (Lipinski definition) is 6. The van der Waals surface area contributed by atoms with Gasteiger partial charge in [0.05, 0.1) is 61.3 Å². The lowest BCUT2D eigenvalue weighted by Gasteiger charge is -2.33. The Morgan fingerprint density at radius 3 is 0.974 bits per heavy atom. The zero-order valence-electron chi connectivity index (χ0n) is 67.7. The number of nitrogens with one attached hydrogen (secondary N) is 6. The molecule has 12 atom stereocenters. The Labute approximate surface area is 679 Å². The van der Waals surface area contributed by atoms with Crippen molar-refractivity contribution in [3.8, 4) is 34.5 Å². The molecule has 2 aliphatic rings. The van der Waals surface area contributed by atoms with Gasteiger partial charge >= 0.3 is 0 Å². The number of rotatable bonds is 18. The molecule has 8 rings (SSSR count). The first-order valence-electron chi connectivity index (χ1n) is 37.5. The second-order valence-corrected chi connectivity index (χ2v) is 29.5. The normalized spacial score (nSPS) is 23.0. The Morgan fingerprint density at radius 1 is 0.348 bits per heavy atom. The van der Waals surface area contributed by atoms with E-state index in [1.54, 1.807) is 78.9 Å². The van der Waals surface area contributed by atoms with Crippen LogP contribution in [0.1, 0.15) is 87.8 Å². The molecule has 614 valence electrons. The van der Waals surface area contributed by atoms with Gasteiger partial charge in [-0.3, -0.25) is 57.5 Å². The van der Waals surface area contributed by atoms with Gasteiger partial charge in [0.15, 0.2) is 34.5 Å². The van der Waals surface area contributed by atoms with Crippen molar-refractivity contribution < 1.29 is 86.0 Å². The van der Waals surface area contributed by atoms with E-state index in [4.69, 9.17) is 35.0 Å². The highest BCUT2D eigenvalue weighted by molar-refractivity contribution is 9.10. The molecule has 0 unspecified atom stereocenters. The summed E-state index contributed by atoms with van der Waals surface area (Å²) in [5.74, 6) is -6.41. The number of Topliss-reactive ketones (excluding diaryl/α,β-unsaturated/α-hetero) is 2. The van der Waals surface area contributed by atoms with Crippen LogP contribution in [0, 0.1) is 18.4 Å². The summed E-state index contributed by atoms with van der Waals surface area (Å²) in [6.45, 7) is 16.7. The second-order valence-electron chi connectivity index (χ2n) is 28.6. The van der Waals surface area contributed by atoms with Crippen LogP contribution in [0.2, 0.25) is 0 Å². The van der Waals surface area contributed by atoms with Gasteiger partial charge in [-0.15, -0.1) is 0 Å². The number of ketones is 2. The molecule has 2 heterocycles. The zero-order chi connectivity index (χ0) is 84.7. The summed E-state index contributed by atoms with van der Waals surface area (Å²) in [7, 11) is 14.8. The number of likely N-dealkylation sites (N-methyl/N-ethyl adjacent to an activating group) is 4. The molecule has 0 aromatic heterocycles. The maximum atomic E-state index is 14.5. The average Bonchev–Trinajstić information content (AvgIpc) is 0.827. The van der Waals surface area contributed by atoms with Crippen molar-refractivity contribution in [3.05, 3.63) is 183 Å². The average molecular weight is 1650 g/mol. The molecule has 2 saturated heterocycles. The number of methoxy groups -OCH3 is 6. The molecule has 30 heteroatoms. The van der Waals surface area contributed by atoms with Crippen molar-refractivity contribution in [2.24, 2.45) is 11.8 Å². The smallest absolute Gasteiger partial charge is 0.245 e. The van der Waals surface area contributed by atoms with E-state index in [1.807, 2.05) is 48.5 Å². The zero-order valence-corrected chi connectivity index (χ0v) is 69.3. The fraction of sp³-hybridized carbons (Fsp3) is 0.424. The number of ether oxygens (including phenoxy) is 6. The van der Waals surface area contributed by atoms with E-state index >= 15 is 0 Å². The predicted octanol–water partition coefficient (Wildman–Crippen LogP) is 6.31. The molecule has 6 aromatic rings. The number of hydrogen-bond acceptors (Lipinski definition) is 18. The fourth-order valence-electron chi connectivity index (χ4n) is 13.6. The van der Waals surface area contributed by atoms with Gasteiger partial charge in [-0.1, -0.05) is 101 Å². The van der Waals surface area contributed by atoms with Gasteiger partial charge < -0.3 is 79.9 Å². The van der Waals surface area contributed by atoms with Gasteiger partial charge in [0, 0.05) is 70.2 Å². The Bertz CT molecular complexity index is 4510. The topological polar surface area (TPSA) is 350 Å². The van der Waals surface area contributed by atoms with E-state index in [-0.39, 0.29) is 57.1 Å². The molecule has 0 saturated carbocycles. The predicted molar refractivity (Wildman–Crippen MR) is 432 cm³/mol. The first kappa shape index (κ1) is 90.3. The minimum absolute atomic E-state index is 0.0459. The largest absolute Gasteiger partial charge is 0.497 e. The van der Waals surface area contributed by atoms with Crippen LogP contribution < -0.4 is 60.3 Å². The Morgan fingerprint density at radius 2 is 0.635 bits per heavy atom. The van der Waals surface area contributed by atoms with Crippen LogP contribution in [-0.4, -0.2) is 222 Å². The number of amides is 10. The fourth-order valence-corrected chi connectivity index (χ4v) is 14.1. The lowest BCUT2D eigenvalue weighted by atomic mass is 9.88. The first-order valence-corrected chi connectivity index (χ1v) is 38.3.